The SMILES string of the molecule is CNC(CO[Si](c1ccccc1)(c1ccccc1)C(C)(C)C)C(=O)O. The molecule has 0 saturated carbocycles. The number of nitrogens with one attached hydrogen (secondary N) is 1. The van der Waals surface area contributed by atoms with E-state index in [4.69, 9.17) is 4.43 Å². The van der Waals surface area contributed by atoms with E-state index in [9.17, 15) is 9.90 Å². The summed E-state index contributed by atoms with van der Waals surface area (Å²) >= 11 is 0. The highest BCUT2D eigenvalue weighted by molar-refractivity contribution is 6.99. The first-order valence-corrected chi connectivity index (χ1v) is 10.4. The topological polar surface area (TPSA) is 58.6 Å². The number of hydrogen-bond acceptors (Lipinski definition) is 3. The van der Waals surface area contributed by atoms with Gasteiger partial charge in [-0.25, -0.2) is 0 Å². The summed E-state index contributed by atoms with van der Waals surface area (Å²) in [6.45, 7) is 6.65. The standard InChI is InChI=1S/C20H27NO3Si/c1-20(2,3)25(16-11-7-5-8-12-16,17-13-9-6-10-14-17)24-15-18(21-4)19(22)23/h5-14,18,21H,15H2,1-4H3,(H,22,23). The van der Waals surface area contributed by atoms with E-state index in [1.54, 1.807) is 7.05 Å². The molecule has 5 heteroatoms. The predicted molar refractivity (Wildman–Crippen MR) is 104 cm³/mol. The van der Waals surface area contributed by atoms with Gasteiger partial charge in [0, 0.05) is 0 Å². The van der Waals surface area contributed by atoms with Gasteiger partial charge in [-0.05, 0) is 22.5 Å². The van der Waals surface area contributed by atoms with Gasteiger partial charge >= 0.3 is 5.97 Å². The van der Waals surface area contributed by atoms with E-state index in [0.717, 1.165) is 10.4 Å². The van der Waals surface area contributed by atoms with Crippen LogP contribution in [0, 0.1) is 0 Å². The molecule has 0 fully saturated rings. The highest BCUT2D eigenvalue weighted by Crippen LogP contribution is 2.36. The minimum absolute atomic E-state index is 0.124. The molecule has 0 aliphatic heterocycles. The summed E-state index contributed by atoms with van der Waals surface area (Å²) in [6, 6.07) is 19.7. The fourth-order valence-electron chi connectivity index (χ4n) is 3.25. The molecule has 0 aromatic heterocycles. The Morgan fingerprint density at radius 1 is 1.04 bits per heavy atom. The van der Waals surface area contributed by atoms with E-state index >= 15 is 0 Å². The third-order valence-electron chi connectivity index (χ3n) is 4.53. The van der Waals surface area contributed by atoms with Gasteiger partial charge in [0.1, 0.15) is 6.04 Å². The average Bonchev–Trinajstić information content (AvgIpc) is 2.59. The Morgan fingerprint density at radius 2 is 1.48 bits per heavy atom. The predicted octanol–water partition coefficient (Wildman–Crippen LogP) is 2.24. The lowest BCUT2D eigenvalue weighted by Gasteiger charge is -2.43. The van der Waals surface area contributed by atoms with Crippen LogP contribution in [0.15, 0.2) is 60.7 Å². The molecule has 0 amide bonds. The van der Waals surface area contributed by atoms with Crippen LogP contribution in [-0.4, -0.2) is 39.1 Å². The molecule has 0 spiro atoms. The number of carboxylic acids is 1. The first-order chi connectivity index (χ1) is 11.8. The van der Waals surface area contributed by atoms with Crippen molar-refractivity contribution in [3.8, 4) is 0 Å². The molecule has 4 nitrogen and oxygen atoms in total. The molecule has 1 unspecified atom stereocenters. The van der Waals surface area contributed by atoms with Gasteiger partial charge in [0.2, 0.25) is 0 Å². The minimum Gasteiger partial charge on any atom is -0.480 e. The van der Waals surface area contributed by atoms with E-state index in [-0.39, 0.29) is 11.6 Å². The molecule has 0 heterocycles. The van der Waals surface area contributed by atoms with Crippen molar-refractivity contribution in [2.75, 3.05) is 13.7 Å². The van der Waals surface area contributed by atoms with Crippen molar-refractivity contribution in [2.45, 2.75) is 31.9 Å². The second kappa shape index (κ2) is 7.95. The van der Waals surface area contributed by atoms with E-state index in [1.165, 1.54) is 0 Å². The molecule has 0 saturated heterocycles. The van der Waals surface area contributed by atoms with Gasteiger partial charge in [-0.3, -0.25) is 4.79 Å². The van der Waals surface area contributed by atoms with Crippen LogP contribution in [0.4, 0.5) is 0 Å². The van der Waals surface area contributed by atoms with Crippen LogP contribution in [-0.2, 0) is 9.22 Å². The fraction of sp³-hybridized carbons (Fsp3) is 0.350. The van der Waals surface area contributed by atoms with Gasteiger partial charge < -0.3 is 14.8 Å². The Kier molecular flexibility index (Phi) is 6.16. The Hall–Kier alpha value is -1.95. The Balaban J connectivity index is 2.58. The minimum atomic E-state index is -2.68. The molecule has 0 aliphatic rings. The summed E-state index contributed by atoms with van der Waals surface area (Å²) in [4.78, 5) is 11.4. The van der Waals surface area contributed by atoms with E-state index in [2.05, 4.69) is 50.4 Å². The maximum atomic E-state index is 11.4. The monoisotopic (exact) mass is 357 g/mol. The Bertz CT molecular complexity index is 644. The van der Waals surface area contributed by atoms with Crippen LogP contribution in [0.25, 0.3) is 0 Å². The molecule has 0 radical (unpaired) electrons. The third-order valence-corrected chi connectivity index (χ3v) is 9.53. The zero-order chi connectivity index (χ0) is 18.5. The summed E-state index contributed by atoms with van der Waals surface area (Å²) in [5.41, 5.74) is 0. The van der Waals surface area contributed by atoms with Crippen molar-refractivity contribution in [3.05, 3.63) is 60.7 Å². The molecular weight excluding hydrogens is 330 g/mol. The van der Waals surface area contributed by atoms with Crippen LogP contribution in [0.1, 0.15) is 20.8 Å². The lowest BCUT2D eigenvalue weighted by atomic mass is 10.2. The van der Waals surface area contributed by atoms with Crippen LogP contribution < -0.4 is 15.7 Å². The second-order valence-corrected chi connectivity index (χ2v) is 11.5. The number of carboxylic acid groups (broad SMARTS) is 1. The first kappa shape index (κ1) is 19.4. The Morgan fingerprint density at radius 3 is 1.80 bits per heavy atom. The van der Waals surface area contributed by atoms with Crippen molar-refractivity contribution < 1.29 is 14.3 Å². The summed E-state index contributed by atoms with van der Waals surface area (Å²) in [5.74, 6) is -0.902. The van der Waals surface area contributed by atoms with Crippen molar-refractivity contribution in [3.63, 3.8) is 0 Å². The van der Waals surface area contributed by atoms with Gasteiger partial charge in [0.25, 0.3) is 8.32 Å². The van der Waals surface area contributed by atoms with Crippen molar-refractivity contribution in [2.24, 2.45) is 0 Å². The van der Waals surface area contributed by atoms with Gasteiger partial charge in [0.15, 0.2) is 0 Å². The highest BCUT2D eigenvalue weighted by Gasteiger charge is 2.50. The molecule has 2 aromatic carbocycles. The molecule has 2 N–H and O–H groups in total. The van der Waals surface area contributed by atoms with Gasteiger partial charge in [0.05, 0.1) is 6.61 Å². The fourth-order valence-corrected chi connectivity index (χ4v) is 7.82. The van der Waals surface area contributed by atoms with Crippen LogP contribution in [0.2, 0.25) is 5.04 Å². The summed E-state index contributed by atoms with van der Waals surface area (Å²) in [7, 11) is -1.03. The normalized spacial score (nSPS) is 13.4. The molecule has 1 atom stereocenters. The first-order valence-electron chi connectivity index (χ1n) is 8.48. The number of rotatable bonds is 7. The van der Waals surface area contributed by atoms with E-state index in [1.807, 2.05) is 36.4 Å². The Labute approximate surface area is 151 Å². The number of carbonyl (C=O) groups is 1. The smallest absolute Gasteiger partial charge is 0.323 e. The van der Waals surface area contributed by atoms with Crippen LogP contribution in [0.5, 0.6) is 0 Å². The quantitative estimate of drug-likeness (QED) is 0.746. The summed E-state index contributed by atoms with van der Waals surface area (Å²) in [6.07, 6.45) is 0. The molecule has 0 bridgehead atoms. The van der Waals surface area contributed by atoms with Crippen LogP contribution in [0.3, 0.4) is 0 Å². The lowest BCUT2D eigenvalue weighted by molar-refractivity contribution is -0.140. The van der Waals surface area contributed by atoms with Crippen molar-refractivity contribution in [1.82, 2.24) is 5.32 Å². The molecular formula is C20H27NO3Si. The number of aliphatic carboxylic acids is 1. The number of benzene rings is 2. The van der Waals surface area contributed by atoms with Gasteiger partial charge in [-0.1, -0.05) is 81.4 Å². The number of likely N-dealkylation sites (N-methyl/N-ethyl adjacent to an activating group) is 1. The average molecular weight is 358 g/mol. The molecule has 134 valence electrons. The second-order valence-electron chi connectivity index (χ2n) is 7.15. The lowest BCUT2D eigenvalue weighted by Crippen LogP contribution is -2.67. The molecule has 0 aliphatic carbocycles. The zero-order valence-electron chi connectivity index (χ0n) is 15.3. The molecule has 2 aromatic rings. The number of hydrogen-bond donors (Lipinski definition) is 2. The van der Waals surface area contributed by atoms with Crippen LogP contribution >= 0.6 is 0 Å². The third kappa shape index (κ3) is 4.00. The maximum Gasteiger partial charge on any atom is 0.323 e. The van der Waals surface area contributed by atoms with Gasteiger partial charge in [-0.2, -0.15) is 0 Å². The van der Waals surface area contributed by atoms with Crippen molar-refractivity contribution >= 4 is 24.7 Å². The maximum absolute atomic E-state index is 11.4. The zero-order valence-corrected chi connectivity index (χ0v) is 16.3. The van der Waals surface area contributed by atoms with Gasteiger partial charge in [-0.15, -0.1) is 0 Å². The molecule has 25 heavy (non-hydrogen) atoms. The van der Waals surface area contributed by atoms with Crippen molar-refractivity contribution in [1.29, 1.82) is 0 Å². The summed E-state index contributed by atoms with van der Waals surface area (Å²) in [5, 5.41) is 14.3. The van der Waals surface area contributed by atoms with E-state index in [0.29, 0.717) is 0 Å². The largest absolute Gasteiger partial charge is 0.480 e. The van der Waals surface area contributed by atoms with E-state index < -0.39 is 20.3 Å². The highest BCUT2D eigenvalue weighted by atomic mass is 28.4. The molecule has 2 rings (SSSR count). The summed E-state index contributed by atoms with van der Waals surface area (Å²) < 4.78 is 6.58.